The van der Waals surface area contributed by atoms with E-state index in [-0.39, 0.29) is 17.4 Å². The smallest absolute Gasteiger partial charge is 0.255 e. The lowest BCUT2D eigenvalue weighted by Crippen LogP contribution is -2.30. The Morgan fingerprint density at radius 2 is 1.81 bits per heavy atom. The summed E-state index contributed by atoms with van der Waals surface area (Å²) in [5, 5.41) is 0. The molecule has 3 nitrogen and oxygen atoms in total. The summed E-state index contributed by atoms with van der Waals surface area (Å²) in [6.07, 6.45) is 6.29. The van der Waals surface area contributed by atoms with E-state index in [0.717, 1.165) is 18.4 Å². The minimum Gasteiger partial charge on any atom is -0.320 e. The molecule has 1 aromatic heterocycles. The molecule has 4 heteroatoms. The van der Waals surface area contributed by atoms with E-state index in [9.17, 15) is 9.18 Å². The molecule has 1 atom stereocenters. The number of rotatable bonds is 3. The zero-order valence-corrected chi connectivity index (χ0v) is 11.8. The van der Waals surface area contributed by atoms with Crippen molar-refractivity contribution in [2.75, 3.05) is 0 Å². The summed E-state index contributed by atoms with van der Waals surface area (Å²) in [4.78, 5) is 12.6. The number of hydrogen-bond donors (Lipinski definition) is 1. The molecule has 1 aromatic carbocycles. The summed E-state index contributed by atoms with van der Waals surface area (Å²) >= 11 is 0. The third-order valence-electron chi connectivity index (χ3n) is 4.29. The average molecular weight is 286 g/mol. The van der Waals surface area contributed by atoms with E-state index < -0.39 is 6.04 Å². The molecule has 0 aliphatic heterocycles. The summed E-state index contributed by atoms with van der Waals surface area (Å²) < 4.78 is 14.8. The van der Waals surface area contributed by atoms with Gasteiger partial charge in [0.05, 0.1) is 6.04 Å². The number of hydrogen-bond acceptors (Lipinski definition) is 2. The van der Waals surface area contributed by atoms with Crippen LogP contribution in [0.4, 0.5) is 4.39 Å². The van der Waals surface area contributed by atoms with Gasteiger partial charge < -0.3 is 10.3 Å². The fourth-order valence-corrected chi connectivity index (χ4v) is 3.08. The molecule has 0 saturated heterocycles. The summed E-state index contributed by atoms with van der Waals surface area (Å²) in [6.45, 7) is 0. The Kier molecular flexibility index (Phi) is 3.88. The van der Waals surface area contributed by atoms with Crippen molar-refractivity contribution in [2.45, 2.75) is 37.8 Å². The van der Waals surface area contributed by atoms with Crippen LogP contribution in [0.15, 0.2) is 47.4 Å². The molecule has 3 rings (SSSR count). The fraction of sp³-hybridized carbons (Fsp3) is 0.353. The Morgan fingerprint density at radius 3 is 2.48 bits per heavy atom. The highest BCUT2D eigenvalue weighted by molar-refractivity contribution is 5.30. The first-order chi connectivity index (χ1) is 10.2. The second-order valence-corrected chi connectivity index (χ2v) is 5.64. The van der Waals surface area contributed by atoms with Gasteiger partial charge in [-0.3, -0.25) is 4.79 Å². The fourth-order valence-electron chi connectivity index (χ4n) is 3.08. The van der Waals surface area contributed by atoms with E-state index in [1.165, 1.54) is 25.0 Å². The lowest BCUT2D eigenvalue weighted by Gasteiger charge is -2.17. The van der Waals surface area contributed by atoms with Gasteiger partial charge in [-0.05, 0) is 36.6 Å². The zero-order chi connectivity index (χ0) is 14.8. The summed E-state index contributed by atoms with van der Waals surface area (Å²) in [7, 11) is 0. The van der Waals surface area contributed by atoms with E-state index >= 15 is 0 Å². The van der Waals surface area contributed by atoms with Crippen LogP contribution in [0.25, 0.3) is 0 Å². The maximum Gasteiger partial charge on any atom is 0.255 e. The molecule has 0 bridgehead atoms. The number of halogens is 1. The number of nitrogens with two attached hydrogens (primary N) is 1. The normalized spacial score (nSPS) is 17.0. The van der Waals surface area contributed by atoms with Crippen molar-refractivity contribution < 1.29 is 4.39 Å². The Labute approximate surface area is 123 Å². The molecule has 2 N–H and O–H groups in total. The van der Waals surface area contributed by atoms with Gasteiger partial charge in [-0.1, -0.05) is 31.0 Å². The van der Waals surface area contributed by atoms with Gasteiger partial charge in [0.2, 0.25) is 0 Å². The summed E-state index contributed by atoms with van der Waals surface area (Å²) in [5.41, 5.74) is 7.49. The highest BCUT2D eigenvalue weighted by Gasteiger charge is 2.20. The molecule has 110 valence electrons. The quantitative estimate of drug-likeness (QED) is 0.942. The van der Waals surface area contributed by atoms with E-state index in [1.807, 2.05) is 16.8 Å². The van der Waals surface area contributed by atoms with Crippen molar-refractivity contribution in [3.05, 3.63) is 69.9 Å². The van der Waals surface area contributed by atoms with Gasteiger partial charge in [-0.2, -0.15) is 0 Å². The number of pyridine rings is 1. The highest BCUT2D eigenvalue weighted by Crippen LogP contribution is 2.28. The molecule has 1 unspecified atom stereocenters. The standard InChI is InChI=1S/C17H19FN2O/c18-13-9-7-12(8-10-13)16(19)15-6-3-11-20(17(15)21)14-4-1-2-5-14/h3,6-11,14,16H,1-2,4-5,19H2. The lowest BCUT2D eigenvalue weighted by atomic mass is 10.0. The van der Waals surface area contributed by atoms with Crippen molar-refractivity contribution in [1.82, 2.24) is 4.57 Å². The predicted octanol–water partition coefficient (Wildman–Crippen LogP) is 3.15. The molecule has 21 heavy (non-hydrogen) atoms. The van der Waals surface area contributed by atoms with Crippen LogP contribution in [-0.2, 0) is 0 Å². The molecule has 2 aromatic rings. The van der Waals surface area contributed by atoms with Crippen LogP contribution in [0.3, 0.4) is 0 Å². The van der Waals surface area contributed by atoms with Gasteiger partial charge in [-0.15, -0.1) is 0 Å². The first-order valence-corrected chi connectivity index (χ1v) is 7.39. The van der Waals surface area contributed by atoms with Crippen LogP contribution in [0.1, 0.15) is 48.9 Å². The van der Waals surface area contributed by atoms with Crippen molar-refractivity contribution in [3.8, 4) is 0 Å². The van der Waals surface area contributed by atoms with Gasteiger partial charge in [-0.25, -0.2) is 4.39 Å². The SMILES string of the molecule is NC(c1ccc(F)cc1)c1cccn(C2CCCC2)c1=O. The number of aromatic nitrogens is 1. The van der Waals surface area contributed by atoms with Crippen molar-refractivity contribution in [2.24, 2.45) is 5.73 Å². The van der Waals surface area contributed by atoms with E-state index in [2.05, 4.69) is 0 Å². The minimum absolute atomic E-state index is 0.0266. The van der Waals surface area contributed by atoms with Crippen LogP contribution in [0, 0.1) is 5.82 Å². The van der Waals surface area contributed by atoms with Crippen LogP contribution in [0.5, 0.6) is 0 Å². The summed E-state index contributed by atoms with van der Waals surface area (Å²) in [5.74, 6) is -0.303. The summed E-state index contributed by atoms with van der Waals surface area (Å²) in [6, 6.07) is 9.41. The second kappa shape index (κ2) is 5.82. The molecule has 0 spiro atoms. The van der Waals surface area contributed by atoms with Crippen molar-refractivity contribution in [3.63, 3.8) is 0 Å². The predicted molar refractivity (Wildman–Crippen MR) is 80.6 cm³/mol. The van der Waals surface area contributed by atoms with E-state index in [0.29, 0.717) is 5.56 Å². The van der Waals surface area contributed by atoms with E-state index in [1.54, 1.807) is 18.2 Å². The molecule has 1 saturated carbocycles. The second-order valence-electron chi connectivity index (χ2n) is 5.64. The third-order valence-corrected chi connectivity index (χ3v) is 4.29. The first-order valence-electron chi connectivity index (χ1n) is 7.39. The monoisotopic (exact) mass is 286 g/mol. The van der Waals surface area contributed by atoms with Gasteiger partial charge >= 0.3 is 0 Å². The third kappa shape index (κ3) is 2.76. The Balaban J connectivity index is 1.96. The molecular weight excluding hydrogens is 267 g/mol. The van der Waals surface area contributed by atoms with Crippen molar-refractivity contribution >= 4 is 0 Å². The molecule has 1 fully saturated rings. The van der Waals surface area contributed by atoms with Crippen LogP contribution in [-0.4, -0.2) is 4.57 Å². The van der Waals surface area contributed by atoms with Gasteiger partial charge in [0.15, 0.2) is 0 Å². The maximum absolute atomic E-state index is 13.0. The van der Waals surface area contributed by atoms with Gasteiger partial charge in [0.25, 0.3) is 5.56 Å². The number of benzene rings is 1. The Morgan fingerprint density at radius 1 is 1.14 bits per heavy atom. The lowest BCUT2D eigenvalue weighted by molar-refractivity contribution is 0.497. The minimum atomic E-state index is -0.521. The molecule has 1 aliphatic carbocycles. The Hall–Kier alpha value is -1.94. The molecule has 1 heterocycles. The zero-order valence-electron chi connectivity index (χ0n) is 11.8. The topological polar surface area (TPSA) is 48.0 Å². The molecule has 0 radical (unpaired) electrons. The van der Waals surface area contributed by atoms with E-state index in [4.69, 9.17) is 5.73 Å². The van der Waals surface area contributed by atoms with Gasteiger partial charge in [0.1, 0.15) is 5.82 Å². The number of nitrogens with zero attached hydrogens (tertiary/aromatic N) is 1. The van der Waals surface area contributed by atoms with Crippen LogP contribution < -0.4 is 11.3 Å². The molecular formula is C17H19FN2O. The molecule has 1 aliphatic rings. The highest BCUT2D eigenvalue weighted by atomic mass is 19.1. The Bertz CT molecular complexity index is 672. The molecule has 0 amide bonds. The largest absolute Gasteiger partial charge is 0.320 e. The average Bonchev–Trinajstić information content (AvgIpc) is 3.02. The maximum atomic E-state index is 13.0. The van der Waals surface area contributed by atoms with Crippen LogP contribution >= 0.6 is 0 Å². The van der Waals surface area contributed by atoms with Crippen molar-refractivity contribution in [1.29, 1.82) is 0 Å². The van der Waals surface area contributed by atoms with Crippen LogP contribution in [0.2, 0.25) is 0 Å². The van der Waals surface area contributed by atoms with Gasteiger partial charge in [0, 0.05) is 17.8 Å². The first kappa shape index (κ1) is 14.0.